The molecule has 150 valence electrons. The lowest BCUT2D eigenvalue weighted by Gasteiger charge is -2.13. The molecule has 6 nitrogen and oxygen atoms in total. The van der Waals surface area contributed by atoms with Crippen molar-refractivity contribution < 1.29 is 17.9 Å². The number of carbonyl (C=O) groups excluding carboxylic acids is 1. The van der Waals surface area contributed by atoms with Crippen LogP contribution < -0.4 is 10.0 Å². The Morgan fingerprint density at radius 3 is 2.32 bits per heavy atom. The molecule has 2 aromatic carbocycles. The van der Waals surface area contributed by atoms with Crippen LogP contribution in [0.1, 0.15) is 36.8 Å². The maximum atomic E-state index is 12.3. The number of nitrogens with one attached hydrogen (secondary N) is 2. The number of carbonyl (C=O) groups is 1. The molecule has 1 fully saturated rings. The minimum absolute atomic E-state index is 0.239. The molecule has 2 N–H and O–H groups in total. The number of benzene rings is 2. The van der Waals surface area contributed by atoms with Gasteiger partial charge in [0.2, 0.25) is 10.0 Å². The molecule has 0 aliphatic heterocycles. The summed E-state index contributed by atoms with van der Waals surface area (Å²) in [6, 6.07) is 16.8. The molecule has 0 aromatic heterocycles. The Labute approximate surface area is 166 Å². The first-order valence-electron chi connectivity index (χ1n) is 9.58. The number of hydrogen-bond acceptors (Lipinski definition) is 4. The number of sulfonamides is 1. The Morgan fingerprint density at radius 2 is 1.64 bits per heavy atom. The van der Waals surface area contributed by atoms with Crippen molar-refractivity contribution >= 4 is 21.8 Å². The topological polar surface area (TPSA) is 84.5 Å². The summed E-state index contributed by atoms with van der Waals surface area (Å²) in [7, 11) is -3.31. The molecule has 0 radical (unpaired) electrons. The average Bonchev–Trinajstić information content (AvgIpc) is 3.24. The Bertz CT molecular complexity index is 861. The zero-order valence-electron chi connectivity index (χ0n) is 15.8. The summed E-state index contributed by atoms with van der Waals surface area (Å²) in [5, 5.41) is 2.44. The molecule has 0 unspecified atom stereocenters. The van der Waals surface area contributed by atoms with E-state index in [4.69, 9.17) is 4.74 Å². The zero-order valence-corrected chi connectivity index (χ0v) is 16.6. The third-order valence-corrected chi connectivity index (χ3v) is 6.72. The fraction of sp³-hybridized carbons (Fsp3) is 0.381. The van der Waals surface area contributed by atoms with E-state index < -0.39 is 16.1 Å². The van der Waals surface area contributed by atoms with Gasteiger partial charge in [0, 0.05) is 12.2 Å². The molecule has 1 aliphatic carbocycles. The second kappa shape index (κ2) is 9.59. The van der Waals surface area contributed by atoms with Crippen LogP contribution in [0.4, 0.5) is 10.5 Å². The van der Waals surface area contributed by atoms with Gasteiger partial charge in [-0.1, -0.05) is 55.3 Å². The largest absolute Gasteiger partial charge is 0.445 e. The third-order valence-electron chi connectivity index (χ3n) is 4.85. The van der Waals surface area contributed by atoms with Crippen molar-refractivity contribution in [3.8, 4) is 0 Å². The second-order valence-corrected chi connectivity index (χ2v) is 8.95. The molecular formula is C21H26N2O4S. The van der Waals surface area contributed by atoms with E-state index in [-0.39, 0.29) is 11.9 Å². The molecule has 1 saturated carbocycles. The highest BCUT2D eigenvalue weighted by atomic mass is 32.2. The number of alkyl carbamates (subject to hydrolysis) is 1. The summed E-state index contributed by atoms with van der Waals surface area (Å²) < 4.78 is 32.5. The monoisotopic (exact) mass is 402 g/mol. The first-order chi connectivity index (χ1) is 13.5. The van der Waals surface area contributed by atoms with Gasteiger partial charge in [0.1, 0.15) is 6.61 Å². The van der Waals surface area contributed by atoms with Crippen molar-refractivity contribution in [1.29, 1.82) is 0 Å². The normalized spacial score (nSPS) is 14.6. The van der Waals surface area contributed by atoms with Gasteiger partial charge < -0.3 is 10.1 Å². The maximum absolute atomic E-state index is 12.3. The van der Waals surface area contributed by atoms with Gasteiger partial charge in [0.05, 0.1) is 5.25 Å². The predicted molar refractivity (Wildman–Crippen MR) is 110 cm³/mol. The summed E-state index contributed by atoms with van der Waals surface area (Å²) in [4.78, 5) is 11.7. The molecule has 3 rings (SSSR count). The Balaban J connectivity index is 1.40. The van der Waals surface area contributed by atoms with Gasteiger partial charge in [-0.15, -0.1) is 0 Å². The first-order valence-corrected chi connectivity index (χ1v) is 11.1. The standard InChI is InChI=1S/C21H26N2O4S/c24-21(27-16-18-6-2-1-3-7-18)22-15-14-17-10-12-19(13-11-17)23-28(25,26)20-8-4-5-9-20/h1-3,6-7,10-13,20,23H,4-5,8-9,14-16H2,(H,22,24). The van der Waals surface area contributed by atoms with Gasteiger partial charge in [-0.05, 0) is 42.5 Å². The number of ether oxygens (including phenoxy) is 1. The van der Waals surface area contributed by atoms with E-state index in [1.54, 1.807) is 12.1 Å². The van der Waals surface area contributed by atoms with E-state index in [2.05, 4.69) is 10.0 Å². The van der Waals surface area contributed by atoms with Crippen LogP contribution in [0.2, 0.25) is 0 Å². The van der Waals surface area contributed by atoms with Crippen molar-refractivity contribution in [1.82, 2.24) is 5.32 Å². The molecular weight excluding hydrogens is 376 g/mol. The fourth-order valence-corrected chi connectivity index (χ4v) is 4.85. The summed E-state index contributed by atoms with van der Waals surface area (Å²) in [6.07, 6.45) is 3.61. The van der Waals surface area contributed by atoms with E-state index in [9.17, 15) is 13.2 Å². The molecule has 0 spiro atoms. The van der Waals surface area contributed by atoms with Crippen LogP contribution in [0.25, 0.3) is 0 Å². The van der Waals surface area contributed by atoms with E-state index >= 15 is 0 Å². The SMILES string of the molecule is O=C(NCCc1ccc(NS(=O)(=O)C2CCCC2)cc1)OCc1ccccc1. The average molecular weight is 403 g/mol. The summed E-state index contributed by atoms with van der Waals surface area (Å²) >= 11 is 0. The van der Waals surface area contributed by atoms with Crippen LogP contribution >= 0.6 is 0 Å². The van der Waals surface area contributed by atoms with Gasteiger partial charge in [0.15, 0.2) is 0 Å². The van der Waals surface area contributed by atoms with Crippen LogP contribution in [0.3, 0.4) is 0 Å². The molecule has 1 aliphatic rings. The predicted octanol–water partition coefficient (Wildman–Crippen LogP) is 3.84. The Kier molecular flexibility index (Phi) is 6.92. The lowest BCUT2D eigenvalue weighted by Crippen LogP contribution is -2.26. The van der Waals surface area contributed by atoms with Crippen LogP contribution in [0.5, 0.6) is 0 Å². The Hall–Kier alpha value is -2.54. The highest BCUT2D eigenvalue weighted by Gasteiger charge is 2.28. The number of hydrogen-bond donors (Lipinski definition) is 2. The summed E-state index contributed by atoms with van der Waals surface area (Å²) in [5.74, 6) is 0. The smallest absolute Gasteiger partial charge is 0.407 e. The van der Waals surface area contributed by atoms with E-state index in [0.29, 0.717) is 18.7 Å². The second-order valence-electron chi connectivity index (χ2n) is 6.99. The van der Waals surface area contributed by atoms with Gasteiger partial charge in [-0.25, -0.2) is 13.2 Å². The molecule has 2 aromatic rings. The molecule has 0 heterocycles. The third kappa shape index (κ3) is 5.99. The molecule has 28 heavy (non-hydrogen) atoms. The van der Waals surface area contributed by atoms with Gasteiger partial charge >= 0.3 is 6.09 Å². The quantitative estimate of drug-likeness (QED) is 0.703. The van der Waals surface area contributed by atoms with Crippen molar-refractivity contribution in [2.75, 3.05) is 11.3 Å². The summed E-state index contributed by atoms with van der Waals surface area (Å²) in [6.45, 7) is 0.684. The lowest BCUT2D eigenvalue weighted by molar-refractivity contribution is 0.140. The number of amides is 1. The Morgan fingerprint density at radius 1 is 0.964 bits per heavy atom. The molecule has 0 bridgehead atoms. The molecule has 7 heteroatoms. The van der Waals surface area contributed by atoms with Crippen LogP contribution in [0, 0.1) is 0 Å². The van der Waals surface area contributed by atoms with Crippen molar-refractivity contribution in [3.63, 3.8) is 0 Å². The van der Waals surface area contributed by atoms with Crippen LogP contribution in [0.15, 0.2) is 54.6 Å². The highest BCUT2D eigenvalue weighted by Crippen LogP contribution is 2.26. The van der Waals surface area contributed by atoms with Crippen LogP contribution in [-0.2, 0) is 27.8 Å². The first kappa shape index (κ1) is 20.2. The minimum atomic E-state index is -3.31. The van der Waals surface area contributed by atoms with E-state index in [1.165, 1.54) is 0 Å². The highest BCUT2D eigenvalue weighted by molar-refractivity contribution is 7.93. The zero-order chi connectivity index (χ0) is 19.8. The lowest BCUT2D eigenvalue weighted by atomic mass is 10.1. The number of anilines is 1. The van der Waals surface area contributed by atoms with Crippen LogP contribution in [-0.4, -0.2) is 26.3 Å². The van der Waals surface area contributed by atoms with Crippen molar-refractivity contribution in [3.05, 3.63) is 65.7 Å². The molecule has 1 amide bonds. The minimum Gasteiger partial charge on any atom is -0.445 e. The van der Waals surface area contributed by atoms with Gasteiger partial charge in [-0.3, -0.25) is 4.72 Å². The molecule has 0 atom stereocenters. The van der Waals surface area contributed by atoms with Crippen molar-refractivity contribution in [2.24, 2.45) is 0 Å². The van der Waals surface area contributed by atoms with Gasteiger partial charge in [-0.2, -0.15) is 0 Å². The molecule has 0 saturated heterocycles. The summed E-state index contributed by atoms with van der Waals surface area (Å²) in [5.41, 5.74) is 2.52. The van der Waals surface area contributed by atoms with Crippen molar-refractivity contribution in [2.45, 2.75) is 44.0 Å². The van der Waals surface area contributed by atoms with E-state index in [0.717, 1.165) is 36.8 Å². The fourth-order valence-electron chi connectivity index (χ4n) is 3.27. The maximum Gasteiger partial charge on any atom is 0.407 e. The van der Waals surface area contributed by atoms with Gasteiger partial charge in [0.25, 0.3) is 0 Å². The van der Waals surface area contributed by atoms with E-state index in [1.807, 2.05) is 42.5 Å². The number of rotatable bonds is 8.